The molecule has 0 bridgehead atoms. The van der Waals surface area contributed by atoms with Gasteiger partial charge in [-0.05, 0) is 25.1 Å². The molecule has 6 heteroatoms. The fourth-order valence-corrected chi connectivity index (χ4v) is 3.14. The van der Waals surface area contributed by atoms with E-state index in [4.69, 9.17) is 4.74 Å². The topological polar surface area (TPSA) is 55.4 Å². The summed E-state index contributed by atoms with van der Waals surface area (Å²) in [5.74, 6) is 0.303. The summed E-state index contributed by atoms with van der Waals surface area (Å²) in [5, 5.41) is 0. The Morgan fingerprint density at radius 2 is 2.18 bits per heavy atom. The van der Waals surface area contributed by atoms with Crippen LogP contribution in [0.2, 0.25) is 0 Å². The molecular weight excluding hydrogens is 306 g/mol. The molecule has 0 saturated carbocycles. The van der Waals surface area contributed by atoms with Crippen molar-refractivity contribution in [2.45, 2.75) is 17.9 Å². The van der Waals surface area contributed by atoms with Crippen LogP contribution in [0.25, 0.3) is 0 Å². The molecule has 0 saturated heterocycles. The van der Waals surface area contributed by atoms with Crippen LogP contribution in [0, 0.1) is 0 Å². The first-order valence-corrected chi connectivity index (χ1v) is 7.16. The molecule has 0 aliphatic heterocycles. The van der Waals surface area contributed by atoms with Crippen molar-refractivity contribution in [3.8, 4) is 5.75 Å². The molecule has 4 nitrogen and oxygen atoms in total. The molecule has 0 aliphatic rings. The summed E-state index contributed by atoms with van der Waals surface area (Å²) in [6, 6.07) is 4.46. The van der Waals surface area contributed by atoms with Gasteiger partial charge in [0.25, 0.3) is 0 Å². The van der Waals surface area contributed by atoms with Crippen LogP contribution in [0.4, 0.5) is 0 Å². The van der Waals surface area contributed by atoms with E-state index in [0.29, 0.717) is 10.2 Å². The molecule has 0 aliphatic carbocycles. The summed E-state index contributed by atoms with van der Waals surface area (Å²) >= 11 is 3.23. The van der Waals surface area contributed by atoms with E-state index in [1.54, 1.807) is 19.1 Å². The van der Waals surface area contributed by atoms with Crippen LogP contribution in [0.3, 0.4) is 0 Å². The van der Waals surface area contributed by atoms with E-state index < -0.39 is 10.0 Å². The Kier molecular flexibility index (Phi) is 4.73. The van der Waals surface area contributed by atoms with Gasteiger partial charge >= 0.3 is 0 Å². The number of rotatable bonds is 5. The molecule has 0 aromatic heterocycles. The smallest absolute Gasteiger partial charge is 0.244 e. The lowest BCUT2D eigenvalue weighted by Gasteiger charge is -2.13. The van der Waals surface area contributed by atoms with Crippen molar-refractivity contribution in [2.75, 3.05) is 7.11 Å². The van der Waals surface area contributed by atoms with Crippen molar-refractivity contribution >= 4 is 26.0 Å². The average Bonchev–Trinajstić information content (AvgIpc) is 2.28. The van der Waals surface area contributed by atoms with Crippen molar-refractivity contribution in [3.05, 3.63) is 35.3 Å². The van der Waals surface area contributed by atoms with Crippen molar-refractivity contribution in [1.82, 2.24) is 4.72 Å². The molecule has 0 amide bonds. The summed E-state index contributed by atoms with van der Waals surface area (Å²) in [7, 11) is -2.18. The Labute approximate surface area is 110 Å². The maximum Gasteiger partial charge on any atom is 0.244 e. The van der Waals surface area contributed by atoms with Crippen LogP contribution in [0.5, 0.6) is 5.75 Å². The van der Waals surface area contributed by atoms with Gasteiger partial charge in [-0.1, -0.05) is 22.0 Å². The van der Waals surface area contributed by atoms with E-state index in [1.807, 2.05) is 0 Å². The average molecular weight is 320 g/mol. The highest BCUT2D eigenvalue weighted by Crippen LogP contribution is 2.27. The Morgan fingerprint density at radius 1 is 1.53 bits per heavy atom. The number of ether oxygens (including phenoxy) is 1. The molecule has 1 atom stereocenters. The zero-order chi connectivity index (χ0) is 13.1. The third kappa shape index (κ3) is 3.55. The Balaban J connectivity index is 3.22. The van der Waals surface area contributed by atoms with E-state index in [1.165, 1.54) is 19.3 Å². The first-order valence-electron chi connectivity index (χ1n) is 4.89. The number of benzene rings is 1. The van der Waals surface area contributed by atoms with E-state index in [-0.39, 0.29) is 10.9 Å². The second kappa shape index (κ2) is 5.66. The molecule has 1 rings (SSSR count). The lowest BCUT2D eigenvalue weighted by Crippen LogP contribution is -2.31. The fraction of sp³-hybridized carbons (Fsp3) is 0.273. The van der Waals surface area contributed by atoms with Gasteiger partial charge in [0.15, 0.2) is 0 Å². The summed E-state index contributed by atoms with van der Waals surface area (Å²) in [6.07, 6.45) is 1.52. The lowest BCUT2D eigenvalue weighted by atomic mass is 10.3. The highest BCUT2D eigenvalue weighted by Gasteiger charge is 2.20. The van der Waals surface area contributed by atoms with Gasteiger partial charge in [0.05, 0.1) is 7.11 Å². The number of methoxy groups -OCH3 is 1. The van der Waals surface area contributed by atoms with Crippen LogP contribution in [0.1, 0.15) is 6.92 Å². The predicted octanol–water partition coefficient (Wildman–Crippen LogP) is 2.31. The Morgan fingerprint density at radius 3 is 2.71 bits per heavy atom. The first kappa shape index (κ1) is 14.2. The van der Waals surface area contributed by atoms with Crippen molar-refractivity contribution in [2.24, 2.45) is 0 Å². The van der Waals surface area contributed by atoms with E-state index >= 15 is 0 Å². The molecule has 1 aromatic rings. The second-order valence-corrected chi connectivity index (χ2v) is 6.04. The Hall–Kier alpha value is -0.850. The molecule has 1 N–H and O–H groups in total. The zero-order valence-electron chi connectivity index (χ0n) is 9.60. The number of halogens is 1. The minimum atomic E-state index is -3.61. The van der Waals surface area contributed by atoms with Gasteiger partial charge in [0.1, 0.15) is 10.6 Å². The largest absolute Gasteiger partial charge is 0.495 e. The standard InChI is InChI=1S/C11H14BrNO3S/c1-4-8(2)13-17(14,15)11-7-9(12)5-6-10(11)16-3/h4-8,13H,1H2,2-3H3. The van der Waals surface area contributed by atoms with Crippen LogP contribution >= 0.6 is 15.9 Å². The predicted molar refractivity (Wildman–Crippen MR) is 70.7 cm³/mol. The normalized spacial score (nSPS) is 13.1. The monoisotopic (exact) mass is 319 g/mol. The van der Waals surface area contributed by atoms with Gasteiger partial charge < -0.3 is 4.74 Å². The summed E-state index contributed by atoms with van der Waals surface area (Å²) in [4.78, 5) is 0.100. The minimum absolute atomic E-state index is 0.100. The van der Waals surface area contributed by atoms with Gasteiger partial charge in [0.2, 0.25) is 10.0 Å². The molecule has 0 fully saturated rings. The third-order valence-electron chi connectivity index (χ3n) is 2.11. The maximum atomic E-state index is 12.1. The van der Waals surface area contributed by atoms with Crippen molar-refractivity contribution < 1.29 is 13.2 Å². The number of nitrogens with one attached hydrogen (secondary N) is 1. The van der Waals surface area contributed by atoms with Gasteiger partial charge in [-0.3, -0.25) is 0 Å². The van der Waals surface area contributed by atoms with E-state index in [0.717, 1.165) is 0 Å². The van der Waals surface area contributed by atoms with E-state index in [9.17, 15) is 8.42 Å². The van der Waals surface area contributed by atoms with E-state index in [2.05, 4.69) is 27.2 Å². The number of hydrogen-bond acceptors (Lipinski definition) is 3. The lowest BCUT2D eigenvalue weighted by molar-refractivity contribution is 0.402. The fourth-order valence-electron chi connectivity index (χ4n) is 1.22. The first-order chi connectivity index (χ1) is 7.90. The second-order valence-electron chi connectivity index (χ2n) is 3.44. The highest BCUT2D eigenvalue weighted by atomic mass is 79.9. The molecule has 1 aromatic carbocycles. The van der Waals surface area contributed by atoms with Gasteiger partial charge in [-0.25, -0.2) is 13.1 Å². The number of sulfonamides is 1. The summed E-state index contributed by atoms with van der Waals surface area (Å²) in [6.45, 7) is 5.23. The quantitative estimate of drug-likeness (QED) is 0.847. The van der Waals surface area contributed by atoms with Crippen LogP contribution in [0.15, 0.2) is 40.2 Å². The van der Waals surface area contributed by atoms with Crippen LogP contribution in [-0.2, 0) is 10.0 Å². The zero-order valence-corrected chi connectivity index (χ0v) is 12.0. The third-order valence-corrected chi connectivity index (χ3v) is 4.18. The van der Waals surface area contributed by atoms with Gasteiger partial charge in [-0.15, -0.1) is 6.58 Å². The molecule has 0 heterocycles. The molecular formula is C11H14BrNO3S. The van der Waals surface area contributed by atoms with Crippen LogP contribution < -0.4 is 9.46 Å². The van der Waals surface area contributed by atoms with Gasteiger partial charge in [0, 0.05) is 10.5 Å². The molecule has 94 valence electrons. The molecule has 0 radical (unpaired) electrons. The van der Waals surface area contributed by atoms with Crippen molar-refractivity contribution in [3.63, 3.8) is 0 Å². The minimum Gasteiger partial charge on any atom is -0.495 e. The molecule has 17 heavy (non-hydrogen) atoms. The Bertz CT molecular complexity index is 513. The molecule has 1 unspecified atom stereocenters. The molecule has 0 spiro atoms. The summed E-state index contributed by atoms with van der Waals surface area (Å²) in [5.41, 5.74) is 0. The van der Waals surface area contributed by atoms with Crippen LogP contribution in [-0.4, -0.2) is 21.6 Å². The summed E-state index contributed by atoms with van der Waals surface area (Å²) < 4.78 is 32.3. The maximum absolute atomic E-state index is 12.1. The van der Waals surface area contributed by atoms with Crippen molar-refractivity contribution in [1.29, 1.82) is 0 Å². The van der Waals surface area contributed by atoms with Gasteiger partial charge in [-0.2, -0.15) is 0 Å². The highest BCUT2D eigenvalue weighted by molar-refractivity contribution is 9.10. The number of hydrogen-bond donors (Lipinski definition) is 1. The SMILES string of the molecule is C=CC(C)NS(=O)(=O)c1cc(Br)ccc1OC.